The van der Waals surface area contributed by atoms with Crippen LogP contribution in [0.1, 0.15) is 29.8 Å². The smallest absolute Gasteiger partial charge is 0.251 e. The van der Waals surface area contributed by atoms with E-state index < -0.39 is 0 Å². The largest absolute Gasteiger partial charge is 0.494 e. The Hall–Kier alpha value is -1.55. The highest BCUT2D eigenvalue weighted by Gasteiger charge is 2.09. The van der Waals surface area contributed by atoms with Gasteiger partial charge in [0.05, 0.1) is 13.2 Å². The summed E-state index contributed by atoms with van der Waals surface area (Å²) in [5.74, 6) is 0.690. The molecule has 4 nitrogen and oxygen atoms in total. The van der Waals surface area contributed by atoms with E-state index in [1.165, 1.54) is 0 Å². The first kappa shape index (κ1) is 13.5. The van der Waals surface area contributed by atoms with Crippen LogP contribution in [0.2, 0.25) is 0 Å². The molecular formula is C13H19NO3. The molecule has 0 bridgehead atoms. The zero-order valence-electron chi connectivity index (χ0n) is 10.6. The normalized spacial score (nSPS) is 10.1. The molecule has 1 aromatic rings. The monoisotopic (exact) mass is 237 g/mol. The van der Waals surface area contributed by atoms with Gasteiger partial charge in [-0.25, -0.2) is 0 Å². The van der Waals surface area contributed by atoms with E-state index >= 15 is 0 Å². The summed E-state index contributed by atoms with van der Waals surface area (Å²) in [6.45, 7) is 5.46. The first-order valence-corrected chi connectivity index (χ1v) is 5.75. The molecule has 1 aromatic carbocycles. The highest BCUT2D eigenvalue weighted by atomic mass is 16.5. The van der Waals surface area contributed by atoms with Crippen molar-refractivity contribution in [3.8, 4) is 5.75 Å². The molecule has 0 aliphatic carbocycles. The van der Waals surface area contributed by atoms with Gasteiger partial charge in [0.2, 0.25) is 0 Å². The van der Waals surface area contributed by atoms with Crippen LogP contribution in [-0.4, -0.2) is 26.2 Å². The third-order valence-electron chi connectivity index (χ3n) is 2.26. The van der Waals surface area contributed by atoms with Gasteiger partial charge in [-0.2, -0.15) is 0 Å². The highest BCUT2D eigenvalue weighted by Crippen LogP contribution is 2.21. The van der Waals surface area contributed by atoms with Crippen molar-refractivity contribution >= 4 is 5.91 Å². The van der Waals surface area contributed by atoms with Crippen LogP contribution in [0.5, 0.6) is 5.75 Å². The number of rotatable bonds is 6. The third-order valence-corrected chi connectivity index (χ3v) is 2.26. The lowest BCUT2D eigenvalue weighted by atomic mass is 10.1. The van der Waals surface area contributed by atoms with E-state index in [1.807, 2.05) is 19.9 Å². The minimum Gasteiger partial charge on any atom is -0.494 e. The van der Waals surface area contributed by atoms with Crippen LogP contribution < -0.4 is 10.1 Å². The average molecular weight is 237 g/mol. The van der Waals surface area contributed by atoms with Crippen LogP contribution in [0, 0.1) is 0 Å². The summed E-state index contributed by atoms with van der Waals surface area (Å²) in [6, 6.07) is 5.37. The summed E-state index contributed by atoms with van der Waals surface area (Å²) >= 11 is 0. The van der Waals surface area contributed by atoms with Gasteiger partial charge in [-0.3, -0.25) is 4.79 Å². The van der Waals surface area contributed by atoms with Crippen LogP contribution in [0.15, 0.2) is 18.2 Å². The quantitative estimate of drug-likeness (QED) is 0.823. The molecule has 1 N–H and O–H groups in total. The number of ether oxygens (including phenoxy) is 2. The summed E-state index contributed by atoms with van der Waals surface area (Å²) in [4.78, 5) is 11.7. The fourth-order valence-corrected chi connectivity index (χ4v) is 1.55. The molecule has 17 heavy (non-hydrogen) atoms. The van der Waals surface area contributed by atoms with Gasteiger partial charge >= 0.3 is 0 Å². The van der Waals surface area contributed by atoms with Gasteiger partial charge < -0.3 is 14.8 Å². The molecule has 0 aromatic heterocycles. The predicted octanol–water partition coefficient (Wildman–Crippen LogP) is 1.98. The summed E-state index contributed by atoms with van der Waals surface area (Å²) in [5.41, 5.74) is 1.51. The Balaban J connectivity index is 2.95. The molecule has 4 heteroatoms. The number of nitrogens with one attached hydrogen (secondary N) is 1. The lowest BCUT2D eigenvalue weighted by Gasteiger charge is -2.11. The maximum absolute atomic E-state index is 11.7. The average Bonchev–Trinajstić information content (AvgIpc) is 2.32. The van der Waals surface area contributed by atoms with E-state index in [-0.39, 0.29) is 5.91 Å². The van der Waals surface area contributed by atoms with Crippen molar-refractivity contribution in [1.29, 1.82) is 0 Å². The second kappa shape index (κ2) is 6.91. The molecule has 0 saturated carbocycles. The zero-order chi connectivity index (χ0) is 12.7. The third kappa shape index (κ3) is 3.75. The Morgan fingerprint density at radius 2 is 2.12 bits per heavy atom. The maximum Gasteiger partial charge on any atom is 0.251 e. The van der Waals surface area contributed by atoms with Crippen molar-refractivity contribution in [1.82, 2.24) is 5.32 Å². The summed E-state index contributed by atoms with van der Waals surface area (Å²) in [5, 5.41) is 2.76. The van der Waals surface area contributed by atoms with Gasteiger partial charge in [-0.15, -0.1) is 0 Å². The zero-order valence-corrected chi connectivity index (χ0v) is 10.6. The highest BCUT2D eigenvalue weighted by molar-refractivity contribution is 5.94. The molecule has 0 unspecified atom stereocenters. The Labute approximate surface area is 102 Å². The van der Waals surface area contributed by atoms with Gasteiger partial charge in [0.15, 0.2) is 0 Å². The molecule has 0 aliphatic rings. The molecule has 1 amide bonds. The van der Waals surface area contributed by atoms with Crippen molar-refractivity contribution in [3.63, 3.8) is 0 Å². The lowest BCUT2D eigenvalue weighted by Crippen LogP contribution is -2.22. The first-order valence-electron chi connectivity index (χ1n) is 5.75. The van der Waals surface area contributed by atoms with E-state index in [9.17, 15) is 4.79 Å². The molecule has 1 rings (SSSR count). The molecule has 0 heterocycles. The van der Waals surface area contributed by atoms with Crippen LogP contribution >= 0.6 is 0 Å². The fraction of sp³-hybridized carbons (Fsp3) is 0.462. The summed E-state index contributed by atoms with van der Waals surface area (Å²) in [7, 11) is 1.62. The molecule has 0 radical (unpaired) electrons. The van der Waals surface area contributed by atoms with Gasteiger partial charge in [-0.05, 0) is 32.0 Å². The van der Waals surface area contributed by atoms with Crippen LogP contribution in [-0.2, 0) is 11.3 Å². The number of carbonyl (C=O) groups excluding carboxylic acids is 1. The standard InChI is InChI=1S/C13H19NO3/c1-4-14-13(15)10-6-7-12(17-5-2)11(8-10)9-16-3/h6-8H,4-5,9H2,1-3H3,(H,14,15). The molecular weight excluding hydrogens is 218 g/mol. The first-order chi connectivity index (χ1) is 8.22. The fourth-order valence-electron chi connectivity index (χ4n) is 1.55. The molecule has 0 saturated heterocycles. The Kier molecular flexibility index (Phi) is 5.49. The van der Waals surface area contributed by atoms with Crippen molar-refractivity contribution in [3.05, 3.63) is 29.3 Å². The summed E-state index contributed by atoms with van der Waals surface area (Å²) in [6.07, 6.45) is 0. The molecule has 0 spiro atoms. The van der Waals surface area contributed by atoms with E-state index in [4.69, 9.17) is 9.47 Å². The minimum absolute atomic E-state index is 0.0760. The SMILES string of the molecule is CCNC(=O)c1ccc(OCC)c(COC)c1. The Bertz CT molecular complexity index is 377. The van der Waals surface area contributed by atoms with E-state index in [0.717, 1.165) is 11.3 Å². The van der Waals surface area contributed by atoms with Crippen molar-refractivity contribution in [2.24, 2.45) is 0 Å². The van der Waals surface area contributed by atoms with Gasteiger partial charge in [0.1, 0.15) is 5.75 Å². The number of benzene rings is 1. The number of carbonyl (C=O) groups is 1. The molecule has 0 fully saturated rings. The second-order valence-electron chi connectivity index (χ2n) is 3.55. The number of hydrogen-bond donors (Lipinski definition) is 1. The van der Waals surface area contributed by atoms with Crippen LogP contribution in [0.3, 0.4) is 0 Å². The maximum atomic E-state index is 11.7. The van der Waals surface area contributed by atoms with Gasteiger partial charge in [-0.1, -0.05) is 0 Å². The van der Waals surface area contributed by atoms with Crippen molar-refractivity contribution in [2.75, 3.05) is 20.3 Å². The van der Waals surface area contributed by atoms with Crippen molar-refractivity contribution < 1.29 is 14.3 Å². The van der Waals surface area contributed by atoms with E-state index in [2.05, 4.69) is 5.32 Å². The molecule has 0 atom stereocenters. The van der Waals surface area contributed by atoms with Crippen molar-refractivity contribution in [2.45, 2.75) is 20.5 Å². The minimum atomic E-state index is -0.0760. The number of amides is 1. The molecule has 94 valence electrons. The molecule has 0 aliphatic heterocycles. The van der Waals surface area contributed by atoms with E-state index in [1.54, 1.807) is 19.2 Å². The van der Waals surface area contributed by atoms with Gasteiger partial charge in [0, 0.05) is 24.8 Å². The number of hydrogen-bond acceptors (Lipinski definition) is 3. The Morgan fingerprint density at radius 1 is 1.35 bits per heavy atom. The second-order valence-corrected chi connectivity index (χ2v) is 3.55. The predicted molar refractivity (Wildman–Crippen MR) is 66.3 cm³/mol. The summed E-state index contributed by atoms with van der Waals surface area (Å²) < 4.78 is 10.6. The van der Waals surface area contributed by atoms with Crippen LogP contribution in [0.25, 0.3) is 0 Å². The van der Waals surface area contributed by atoms with E-state index in [0.29, 0.717) is 25.3 Å². The lowest BCUT2D eigenvalue weighted by molar-refractivity contribution is 0.0955. The van der Waals surface area contributed by atoms with Crippen LogP contribution in [0.4, 0.5) is 0 Å². The topological polar surface area (TPSA) is 47.6 Å². The van der Waals surface area contributed by atoms with Gasteiger partial charge in [0.25, 0.3) is 5.91 Å². The number of methoxy groups -OCH3 is 1. The Morgan fingerprint density at radius 3 is 2.71 bits per heavy atom.